The first-order valence-electron chi connectivity index (χ1n) is 5.65. The van der Waals surface area contributed by atoms with E-state index in [-0.39, 0.29) is 0 Å². The first kappa shape index (κ1) is 12.8. The number of aryl methyl sites for hydroxylation is 1. The normalized spacial score (nSPS) is 11.4. The molecule has 2 aromatic carbocycles. The topological polar surface area (TPSA) is 21.6 Å². The standard InChI is InChI=1S/C15H14BrNO/c1-11-8-9-14(13(16)10-11)17-15(18-2)12-6-4-3-5-7-12/h3-10H,1-2H3. The van der Waals surface area contributed by atoms with Crippen molar-refractivity contribution in [1.82, 2.24) is 0 Å². The fraction of sp³-hybridized carbons (Fsp3) is 0.133. The molecular formula is C15H14BrNO. The molecule has 0 bridgehead atoms. The lowest BCUT2D eigenvalue weighted by atomic mass is 10.2. The van der Waals surface area contributed by atoms with Crippen molar-refractivity contribution in [3.63, 3.8) is 0 Å². The summed E-state index contributed by atoms with van der Waals surface area (Å²) in [7, 11) is 1.63. The second kappa shape index (κ2) is 5.83. The summed E-state index contributed by atoms with van der Waals surface area (Å²) in [5, 5.41) is 0. The van der Waals surface area contributed by atoms with Gasteiger partial charge in [-0.1, -0.05) is 24.3 Å². The Kier molecular flexibility index (Phi) is 4.15. The SMILES string of the molecule is COC(=Nc1ccc(C)cc1Br)c1ccccc1. The molecule has 2 rings (SSSR count). The van der Waals surface area contributed by atoms with Crippen molar-refractivity contribution in [2.75, 3.05) is 7.11 Å². The van der Waals surface area contributed by atoms with Crippen LogP contribution in [-0.2, 0) is 4.74 Å². The molecule has 0 unspecified atom stereocenters. The van der Waals surface area contributed by atoms with E-state index in [1.807, 2.05) is 55.5 Å². The Morgan fingerprint density at radius 3 is 2.44 bits per heavy atom. The molecule has 0 N–H and O–H groups in total. The van der Waals surface area contributed by atoms with E-state index in [9.17, 15) is 0 Å². The maximum Gasteiger partial charge on any atom is 0.221 e. The number of nitrogens with zero attached hydrogens (tertiary/aromatic N) is 1. The monoisotopic (exact) mass is 303 g/mol. The van der Waals surface area contributed by atoms with Crippen LogP contribution in [0.5, 0.6) is 0 Å². The van der Waals surface area contributed by atoms with Gasteiger partial charge in [0.2, 0.25) is 5.90 Å². The molecule has 0 radical (unpaired) electrons. The minimum atomic E-state index is 0.611. The largest absolute Gasteiger partial charge is 0.481 e. The highest BCUT2D eigenvalue weighted by molar-refractivity contribution is 9.10. The van der Waals surface area contributed by atoms with Crippen LogP contribution in [0.1, 0.15) is 11.1 Å². The molecule has 0 aliphatic rings. The second-order valence-electron chi connectivity index (χ2n) is 3.94. The van der Waals surface area contributed by atoms with Gasteiger partial charge in [-0.2, -0.15) is 0 Å². The highest BCUT2D eigenvalue weighted by Crippen LogP contribution is 2.27. The Labute approximate surface area is 115 Å². The molecule has 0 aliphatic carbocycles. The quantitative estimate of drug-likeness (QED) is 0.592. The van der Waals surface area contributed by atoms with Gasteiger partial charge in [0.1, 0.15) is 0 Å². The Balaban J connectivity index is 2.41. The summed E-state index contributed by atoms with van der Waals surface area (Å²) in [6.45, 7) is 2.05. The molecular weight excluding hydrogens is 290 g/mol. The molecule has 0 saturated carbocycles. The third-order valence-electron chi connectivity index (χ3n) is 2.54. The van der Waals surface area contributed by atoms with Gasteiger partial charge in [-0.15, -0.1) is 0 Å². The van der Waals surface area contributed by atoms with Crippen LogP contribution < -0.4 is 0 Å². The minimum absolute atomic E-state index is 0.611. The molecule has 3 heteroatoms. The van der Waals surface area contributed by atoms with Crippen LogP contribution >= 0.6 is 15.9 Å². The number of benzene rings is 2. The third kappa shape index (κ3) is 2.99. The van der Waals surface area contributed by atoms with Gasteiger partial charge in [0.15, 0.2) is 0 Å². The van der Waals surface area contributed by atoms with E-state index in [1.54, 1.807) is 7.11 Å². The Hall–Kier alpha value is -1.61. The Morgan fingerprint density at radius 2 is 1.83 bits per heavy atom. The van der Waals surface area contributed by atoms with Crippen molar-refractivity contribution in [2.45, 2.75) is 6.92 Å². The molecule has 92 valence electrons. The predicted octanol–water partition coefficient (Wildman–Crippen LogP) is 4.48. The molecule has 0 fully saturated rings. The van der Waals surface area contributed by atoms with Gasteiger partial charge in [-0.05, 0) is 52.7 Å². The average Bonchev–Trinajstić information content (AvgIpc) is 2.39. The van der Waals surface area contributed by atoms with E-state index in [2.05, 4.69) is 20.9 Å². The van der Waals surface area contributed by atoms with E-state index in [0.717, 1.165) is 15.7 Å². The van der Waals surface area contributed by atoms with Crippen molar-refractivity contribution in [3.8, 4) is 0 Å². The molecule has 0 spiro atoms. The predicted molar refractivity (Wildman–Crippen MR) is 78.5 cm³/mol. The smallest absolute Gasteiger partial charge is 0.221 e. The number of methoxy groups -OCH3 is 1. The zero-order valence-corrected chi connectivity index (χ0v) is 11.9. The molecule has 0 aromatic heterocycles. The molecule has 0 aliphatic heterocycles. The van der Waals surface area contributed by atoms with E-state index in [1.165, 1.54) is 5.56 Å². The fourth-order valence-corrected chi connectivity index (χ4v) is 2.20. The van der Waals surface area contributed by atoms with Crippen LogP contribution in [0.2, 0.25) is 0 Å². The van der Waals surface area contributed by atoms with E-state index >= 15 is 0 Å². The number of hydrogen-bond donors (Lipinski definition) is 0. The lowest BCUT2D eigenvalue weighted by Crippen LogP contribution is -2.02. The second-order valence-corrected chi connectivity index (χ2v) is 4.80. The van der Waals surface area contributed by atoms with E-state index in [4.69, 9.17) is 4.74 Å². The number of rotatable bonds is 2. The molecule has 0 saturated heterocycles. The first-order chi connectivity index (χ1) is 8.70. The highest BCUT2D eigenvalue weighted by Gasteiger charge is 2.05. The van der Waals surface area contributed by atoms with Crippen LogP contribution in [0.4, 0.5) is 5.69 Å². The Morgan fingerprint density at radius 1 is 1.11 bits per heavy atom. The fourth-order valence-electron chi connectivity index (χ4n) is 1.62. The lowest BCUT2D eigenvalue weighted by Gasteiger charge is -2.06. The van der Waals surface area contributed by atoms with Gasteiger partial charge in [0.05, 0.1) is 12.8 Å². The molecule has 2 aromatic rings. The van der Waals surface area contributed by atoms with Gasteiger partial charge >= 0.3 is 0 Å². The van der Waals surface area contributed by atoms with Crippen molar-refractivity contribution >= 4 is 27.5 Å². The van der Waals surface area contributed by atoms with Crippen molar-refractivity contribution in [2.24, 2.45) is 4.99 Å². The molecule has 2 nitrogen and oxygen atoms in total. The van der Waals surface area contributed by atoms with Gasteiger partial charge in [-0.3, -0.25) is 0 Å². The van der Waals surface area contributed by atoms with Crippen LogP contribution in [0.15, 0.2) is 58.0 Å². The number of halogens is 1. The summed E-state index contributed by atoms with van der Waals surface area (Å²) in [6.07, 6.45) is 0. The number of aliphatic imine (C=N–C) groups is 1. The van der Waals surface area contributed by atoms with Crippen LogP contribution in [-0.4, -0.2) is 13.0 Å². The summed E-state index contributed by atoms with van der Waals surface area (Å²) in [5.74, 6) is 0.611. The summed E-state index contributed by atoms with van der Waals surface area (Å²) in [4.78, 5) is 4.54. The molecule has 18 heavy (non-hydrogen) atoms. The van der Waals surface area contributed by atoms with Crippen molar-refractivity contribution in [3.05, 3.63) is 64.1 Å². The summed E-state index contributed by atoms with van der Waals surface area (Å²) in [6, 6.07) is 15.9. The molecule has 0 heterocycles. The first-order valence-corrected chi connectivity index (χ1v) is 6.44. The van der Waals surface area contributed by atoms with Crippen LogP contribution in [0.25, 0.3) is 0 Å². The highest BCUT2D eigenvalue weighted by atomic mass is 79.9. The zero-order valence-electron chi connectivity index (χ0n) is 10.4. The van der Waals surface area contributed by atoms with Crippen LogP contribution in [0.3, 0.4) is 0 Å². The summed E-state index contributed by atoms with van der Waals surface area (Å²) < 4.78 is 6.32. The summed E-state index contributed by atoms with van der Waals surface area (Å²) >= 11 is 3.51. The maximum atomic E-state index is 5.35. The Bertz CT molecular complexity index is 564. The average molecular weight is 304 g/mol. The number of ether oxygens (including phenoxy) is 1. The number of hydrogen-bond acceptors (Lipinski definition) is 2. The minimum Gasteiger partial charge on any atom is -0.481 e. The third-order valence-corrected chi connectivity index (χ3v) is 3.17. The van der Waals surface area contributed by atoms with Gasteiger partial charge in [0.25, 0.3) is 0 Å². The van der Waals surface area contributed by atoms with Gasteiger partial charge in [-0.25, -0.2) is 4.99 Å². The maximum absolute atomic E-state index is 5.35. The van der Waals surface area contributed by atoms with E-state index in [0.29, 0.717) is 5.90 Å². The summed E-state index contributed by atoms with van der Waals surface area (Å²) in [5.41, 5.74) is 3.02. The van der Waals surface area contributed by atoms with Crippen molar-refractivity contribution < 1.29 is 4.74 Å². The molecule has 0 amide bonds. The van der Waals surface area contributed by atoms with Gasteiger partial charge < -0.3 is 4.74 Å². The lowest BCUT2D eigenvalue weighted by molar-refractivity contribution is 0.405. The molecule has 0 atom stereocenters. The van der Waals surface area contributed by atoms with Crippen LogP contribution in [0, 0.1) is 6.92 Å². The van der Waals surface area contributed by atoms with Gasteiger partial charge in [0, 0.05) is 10.0 Å². The zero-order chi connectivity index (χ0) is 13.0. The van der Waals surface area contributed by atoms with E-state index < -0.39 is 0 Å². The van der Waals surface area contributed by atoms with Crippen molar-refractivity contribution in [1.29, 1.82) is 0 Å².